The molecule has 144 valence electrons. The quantitative estimate of drug-likeness (QED) is 0.485. The Morgan fingerprint density at radius 1 is 1.19 bits per heavy atom. The van der Waals surface area contributed by atoms with Crippen LogP contribution in [0.3, 0.4) is 0 Å². The summed E-state index contributed by atoms with van der Waals surface area (Å²) in [6.45, 7) is 8.66. The summed E-state index contributed by atoms with van der Waals surface area (Å²) < 4.78 is 2.18. The highest BCUT2D eigenvalue weighted by atomic mass is 15.3. The van der Waals surface area contributed by atoms with Gasteiger partial charge >= 0.3 is 0 Å². The van der Waals surface area contributed by atoms with E-state index in [1.807, 2.05) is 6.21 Å². The van der Waals surface area contributed by atoms with Crippen molar-refractivity contribution in [2.24, 2.45) is 21.7 Å². The second-order valence-corrected chi connectivity index (χ2v) is 8.19. The standard InChI is InChI=1S/C21H30N6/c1-21(2,3)17-6-8-18(9-7-17)27-12-10-16(15-27)14-26-11-4-5-19(26)13-24-25-20(22)23/h6-10,12-13,15,19H,4-5,11,14H2,1-3H3,(H4,22,23,25)/b24-13+. The van der Waals surface area contributed by atoms with Crippen molar-refractivity contribution in [3.8, 4) is 5.69 Å². The first-order chi connectivity index (χ1) is 12.8. The van der Waals surface area contributed by atoms with Gasteiger partial charge in [0.1, 0.15) is 0 Å². The maximum atomic E-state index is 5.32. The Balaban J connectivity index is 1.67. The molecule has 0 bridgehead atoms. The van der Waals surface area contributed by atoms with Crippen LogP contribution in [-0.2, 0) is 12.0 Å². The molecule has 1 aliphatic heterocycles. The van der Waals surface area contributed by atoms with Gasteiger partial charge in [-0.3, -0.25) is 4.90 Å². The number of rotatable bonds is 5. The smallest absolute Gasteiger partial charge is 0.211 e. The third kappa shape index (κ3) is 4.98. The molecule has 1 aromatic heterocycles. The maximum absolute atomic E-state index is 5.32. The topological polar surface area (TPSA) is 84.9 Å². The third-order valence-electron chi connectivity index (χ3n) is 5.00. The third-order valence-corrected chi connectivity index (χ3v) is 5.00. The predicted octanol–water partition coefficient (Wildman–Crippen LogP) is 3.00. The zero-order valence-corrected chi connectivity index (χ0v) is 16.5. The number of nitrogens with two attached hydrogens (primary N) is 2. The van der Waals surface area contributed by atoms with Crippen LogP contribution in [0.15, 0.2) is 52.9 Å². The van der Waals surface area contributed by atoms with E-state index in [1.54, 1.807) is 0 Å². The van der Waals surface area contributed by atoms with E-state index in [4.69, 9.17) is 11.5 Å². The fraction of sp³-hybridized carbons (Fsp3) is 0.429. The molecule has 2 heterocycles. The Hall–Kier alpha value is -2.60. The Morgan fingerprint density at radius 3 is 2.59 bits per heavy atom. The van der Waals surface area contributed by atoms with E-state index in [0.29, 0.717) is 0 Å². The average Bonchev–Trinajstić information content (AvgIpc) is 3.24. The number of hydrogen-bond acceptors (Lipinski definition) is 3. The molecule has 0 radical (unpaired) electrons. The summed E-state index contributed by atoms with van der Waals surface area (Å²) in [6.07, 6.45) is 8.41. The van der Waals surface area contributed by atoms with E-state index in [1.165, 1.54) is 16.8 Å². The van der Waals surface area contributed by atoms with Crippen molar-refractivity contribution in [1.82, 2.24) is 9.47 Å². The fourth-order valence-corrected chi connectivity index (χ4v) is 3.46. The largest absolute Gasteiger partial charge is 0.369 e. The maximum Gasteiger partial charge on any atom is 0.211 e. The van der Waals surface area contributed by atoms with Crippen LogP contribution < -0.4 is 11.5 Å². The van der Waals surface area contributed by atoms with E-state index in [9.17, 15) is 0 Å². The van der Waals surface area contributed by atoms with Gasteiger partial charge in [0.25, 0.3) is 0 Å². The molecular weight excluding hydrogens is 336 g/mol. The van der Waals surface area contributed by atoms with Crippen LogP contribution in [0.25, 0.3) is 5.69 Å². The summed E-state index contributed by atoms with van der Waals surface area (Å²) in [5, 5.41) is 7.70. The lowest BCUT2D eigenvalue weighted by Crippen LogP contribution is -2.30. The van der Waals surface area contributed by atoms with Gasteiger partial charge in [0.15, 0.2) is 0 Å². The summed E-state index contributed by atoms with van der Waals surface area (Å²) in [4.78, 5) is 2.41. The molecule has 6 nitrogen and oxygen atoms in total. The number of hydrogen-bond donors (Lipinski definition) is 2. The summed E-state index contributed by atoms with van der Waals surface area (Å²) in [7, 11) is 0. The van der Waals surface area contributed by atoms with Gasteiger partial charge in [-0.15, -0.1) is 5.10 Å². The molecule has 0 aliphatic carbocycles. The zero-order chi connectivity index (χ0) is 19.4. The van der Waals surface area contributed by atoms with Crippen molar-refractivity contribution in [3.63, 3.8) is 0 Å². The molecule has 3 rings (SSSR count). The minimum atomic E-state index is -0.00893. The van der Waals surface area contributed by atoms with E-state index in [-0.39, 0.29) is 17.4 Å². The molecule has 1 aliphatic rings. The van der Waals surface area contributed by atoms with Crippen molar-refractivity contribution in [2.45, 2.75) is 51.6 Å². The molecule has 1 aromatic carbocycles. The van der Waals surface area contributed by atoms with Gasteiger partial charge < -0.3 is 16.0 Å². The average molecular weight is 367 g/mol. The molecule has 4 N–H and O–H groups in total. The number of nitrogens with zero attached hydrogens (tertiary/aromatic N) is 4. The van der Waals surface area contributed by atoms with Gasteiger partial charge in [0.2, 0.25) is 5.96 Å². The summed E-state index contributed by atoms with van der Waals surface area (Å²) in [5.74, 6) is -0.00893. The molecule has 0 saturated carbocycles. The van der Waals surface area contributed by atoms with Crippen LogP contribution in [-0.4, -0.2) is 34.2 Å². The Labute approximate surface area is 161 Å². The highest BCUT2D eigenvalue weighted by Gasteiger charge is 2.23. The van der Waals surface area contributed by atoms with Gasteiger partial charge in [-0.25, -0.2) is 0 Å². The monoisotopic (exact) mass is 366 g/mol. The normalized spacial score (nSPS) is 18.3. The van der Waals surface area contributed by atoms with E-state index >= 15 is 0 Å². The van der Waals surface area contributed by atoms with Crippen LogP contribution in [0.4, 0.5) is 0 Å². The Kier molecular flexibility index (Phi) is 5.65. The molecule has 1 saturated heterocycles. The summed E-state index contributed by atoms with van der Waals surface area (Å²) >= 11 is 0. The van der Waals surface area contributed by atoms with Crippen LogP contribution in [0.5, 0.6) is 0 Å². The lowest BCUT2D eigenvalue weighted by atomic mass is 9.87. The van der Waals surface area contributed by atoms with Gasteiger partial charge in [0.05, 0.1) is 0 Å². The van der Waals surface area contributed by atoms with E-state index < -0.39 is 0 Å². The van der Waals surface area contributed by atoms with Crippen LogP contribution in [0.2, 0.25) is 0 Å². The number of likely N-dealkylation sites (tertiary alicyclic amines) is 1. The highest BCUT2D eigenvalue weighted by molar-refractivity contribution is 5.76. The van der Waals surface area contributed by atoms with Gasteiger partial charge in [0, 0.05) is 36.9 Å². The lowest BCUT2D eigenvalue weighted by molar-refractivity contribution is 0.297. The van der Waals surface area contributed by atoms with Crippen LogP contribution >= 0.6 is 0 Å². The number of aromatic nitrogens is 1. The highest BCUT2D eigenvalue weighted by Crippen LogP contribution is 2.24. The second-order valence-electron chi connectivity index (χ2n) is 8.19. The lowest BCUT2D eigenvalue weighted by Gasteiger charge is -2.20. The molecule has 6 heteroatoms. The van der Waals surface area contributed by atoms with E-state index in [0.717, 1.165) is 25.9 Å². The molecule has 0 spiro atoms. The molecule has 0 amide bonds. The van der Waals surface area contributed by atoms with Crippen LogP contribution in [0.1, 0.15) is 44.7 Å². The van der Waals surface area contributed by atoms with Crippen molar-refractivity contribution in [3.05, 3.63) is 53.9 Å². The van der Waals surface area contributed by atoms with Crippen molar-refractivity contribution in [2.75, 3.05) is 6.54 Å². The first kappa shape index (κ1) is 19.2. The fourth-order valence-electron chi connectivity index (χ4n) is 3.46. The molecule has 1 fully saturated rings. The van der Waals surface area contributed by atoms with Gasteiger partial charge in [-0.2, -0.15) is 5.10 Å². The van der Waals surface area contributed by atoms with Crippen LogP contribution in [0, 0.1) is 0 Å². The van der Waals surface area contributed by atoms with Gasteiger partial charge in [-0.05, 0) is 54.1 Å². The van der Waals surface area contributed by atoms with E-state index in [2.05, 4.69) is 83.2 Å². The molecule has 27 heavy (non-hydrogen) atoms. The SMILES string of the molecule is CC(C)(C)c1ccc(-n2ccc(CN3CCCC3/C=N/N=C(N)N)c2)cc1. The summed E-state index contributed by atoms with van der Waals surface area (Å²) in [6, 6.07) is 11.3. The summed E-state index contributed by atoms with van der Waals surface area (Å²) in [5.41, 5.74) is 14.6. The van der Waals surface area contributed by atoms with Gasteiger partial charge in [-0.1, -0.05) is 32.9 Å². The number of guanidine groups is 1. The molecule has 2 aromatic rings. The minimum Gasteiger partial charge on any atom is -0.369 e. The number of benzene rings is 1. The van der Waals surface area contributed by atoms with Crippen molar-refractivity contribution < 1.29 is 0 Å². The predicted molar refractivity (Wildman–Crippen MR) is 112 cm³/mol. The first-order valence-corrected chi connectivity index (χ1v) is 9.47. The molecule has 1 unspecified atom stereocenters. The second kappa shape index (κ2) is 7.96. The first-order valence-electron chi connectivity index (χ1n) is 9.47. The molecule has 1 atom stereocenters. The Bertz CT molecular complexity index is 806. The van der Waals surface area contributed by atoms with Crippen molar-refractivity contribution >= 4 is 12.2 Å². The minimum absolute atomic E-state index is 0.00893. The van der Waals surface area contributed by atoms with Crippen molar-refractivity contribution in [1.29, 1.82) is 0 Å². The Morgan fingerprint density at radius 2 is 1.93 bits per heavy atom. The zero-order valence-electron chi connectivity index (χ0n) is 16.5. The molecular formula is C21H30N6.